The molecule has 2 aromatic heterocycles. The minimum atomic E-state index is 0.488. The van der Waals surface area contributed by atoms with E-state index in [1.807, 2.05) is 15.4 Å². The summed E-state index contributed by atoms with van der Waals surface area (Å²) in [7, 11) is 0. The summed E-state index contributed by atoms with van der Waals surface area (Å²) in [6.07, 6.45) is 4.37. The first-order valence-corrected chi connectivity index (χ1v) is 5.42. The second-order valence-corrected chi connectivity index (χ2v) is 3.58. The average molecular weight is 220 g/mol. The molecule has 0 aliphatic rings. The van der Waals surface area contributed by atoms with Gasteiger partial charge in [0.1, 0.15) is 18.7 Å². The first kappa shape index (κ1) is 10.8. The van der Waals surface area contributed by atoms with E-state index in [0.29, 0.717) is 13.1 Å². The van der Waals surface area contributed by atoms with Crippen LogP contribution in [0.4, 0.5) is 0 Å². The van der Waals surface area contributed by atoms with E-state index in [9.17, 15) is 0 Å². The van der Waals surface area contributed by atoms with Gasteiger partial charge in [0, 0.05) is 19.3 Å². The number of aryl methyl sites for hydroxylation is 1. The standard InChI is InChI=1S/C10H16N6/c1-2-5-15-10(12-8-14-15)7-16-9(6-11)3-4-13-16/h3-4,8H,2,5-7,11H2,1H3. The predicted molar refractivity (Wildman–Crippen MR) is 59.5 cm³/mol. The maximum Gasteiger partial charge on any atom is 0.148 e. The lowest BCUT2D eigenvalue weighted by Gasteiger charge is -2.07. The fourth-order valence-corrected chi connectivity index (χ4v) is 1.62. The van der Waals surface area contributed by atoms with E-state index in [-0.39, 0.29) is 0 Å². The Morgan fingerprint density at radius 1 is 1.31 bits per heavy atom. The van der Waals surface area contributed by atoms with E-state index in [1.165, 1.54) is 0 Å². The number of hydrogen-bond acceptors (Lipinski definition) is 4. The van der Waals surface area contributed by atoms with Gasteiger partial charge in [0.25, 0.3) is 0 Å². The van der Waals surface area contributed by atoms with Gasteiger partial charge < -0.3 is 5.73 Å². The Hall–Kier alpha value is -1.69. The SMILES string of the molecule is CCCn1ncnc1Cn1nccc1CN. The molecule has 2 aromatic rings. The van der Waals surface area contributed by atoms with Crippen molar-refractivity contribution in [2.75, 3.05) is 0 Å². The molecule has 0 aliphatic heterocycles. The Labute approximate surface area is 94.1 Å². The highest BCUT2D eigenvalue weighted by atomic mass is 15.4. The average Bonchev–Trinajstić information content (AvgIpc) is 2.89. The monoisotopic (exact) mass is 220 g/mol. The fourth-order valence-electron chi connectivity index (χ4n) is 1.62. The van der Waals surface area contributed by atoms with Crippen molar-refractivity contribution in [2.45, 2.75) is 33.0 Å². The Kier molecular flexibility index (Phi) is 3.31. The van der Waals surface area contributed by atoms with Gasteiger partial charge in [0.2, 0.25) is 0 Å². The topological polar surface area (TPSA) is 74.5 Å². The summed E-state index contributed by atoms with van der Waals surface area (Å²) in [5, 5.41) is 8.39. The molecule has 0 saturated heterocycles. The third-order valence-corrected chi connectivity index (χ3v) is 2.44. The highest BCUT2D eigenvalue weighted by Gasteiger charge is 2.07. The predicted octanol–water partition coefficient (Wildman–Crippen LogP) is 0.392. The zero-order valence-corrected chi connectivity index (χ0v) is 9.37. The lowest BCUT2D eigenvalue weighted by Crippen LogP contribution is -2.14. The summed E-state index contributed by atoms with van der Waals surface area (Å²) in [4.78, 5) is 4.24. The number of aromatic nitrogens is 5. The Morgan fingerprint density at radius 3 is 2.94 bits per heavy atom. The highest BCUT2D eigenvalue weighted by molar-refractivity contribution is 5.01. The normalized spacial score (nSPS) is 10.9. The number of nitrogens with two attached hydrogens (primary N) is 1. The van der Waals surface area contributed by atoms with E-state index >= 15 is 0 Å². The summed E-state index contributed by atoms with van der Waals surface area (Å²) in [6, 6.07) is 1.92. The van der Waals surface area contributed by atoms with Crippen LogP contribution in [0.3, 0.4) is 0 Å². The first-order valence-electron chi connectivity index (χ1n) is 5.42. The number of hydrogen-bond donors (Lipinski definition) is 1. The Balaban J connectivity index is 2.17. The molecule has 2 rings (SSSR count). The third kappa shape index (κ3) is 2.11. The summed E-state index contributed by atoms with van der Waals surface area (Å²) in [5.74, 6) is 0.917. The van der Waals surface area contributed by atoms with Gasteiger partial charge in [-0.2, -0.15) is 10.2 Å². The highest BCUT2D eigenvalue weighted by Crippen LogP contribution is 2.03. The van der Waals surface area contributed by atoms with Crippen LogP contribution < -0.4 is 5.73 Å². The summed E-state index contributed by atoms with van der Waals surface area (Å²) in [5.41, 5.74) is 6.62. The molecule has 2 heterocycles. The largest absolute Gasteiger partial charge is 0.325 e. The second-order valence-electron chi connectivity index (χ2n) is 3.58. The van der Waals surface area contributed by atoms with Gasteiger partial charge in [-0.15, -0.1) is 0 Å². The van der Waals surface area contributed by atoms with Gasteiger partial charge in [-0.05, 0) is 12.5 Å². The number of rotatable bonds is 5. The molecule has 6 heteroatoms. The Bertz CT molecular complexity index is 444. The van der Waals surface area contributed by atoms with E-state index in [2.05, 4.69) is 22.1 Å². The fraction of sp³-hybridized carbons (Fsp3) is 0.500. The van der Waals surface area contributed by atoms with Crippen molar-refractivity contribution in [2.24, 2.45) is 5.73 Å². The summed E-state index contributed by atoms with van der Waals surface area (Å²) >= 11 is 0. The van der Waals surface area contributed by atoms with E-state index in [4.69, 9.17) is 5.73 Å². The van der Waals surface area contributed by atoms with Crippen molar-refractivity contribution in [3.8, 4) is 0 Å². The molecule has 86 valence electrons. The first-order chi connectivity index (χ1) is 7.85. The van der Waals surface area contributed by atoms with Gasteiger partial charge in [-0.1, -0.05) is 6.92 Å². The molecule has 0 amide bonds. The quantitative estimate of drug-likeness (QED) is 0.791. The van der Waals surface area contributed by atoms with Gasteiger partial charge >= 0.3 is 0 Å². The van der Waals surface area contributed by atoms with Crippen molar-refractivity contribution < 1.29 is 0 Å². The zero-order chi connectivity index (χ0) is 11.4. The smallest absolute Gasteiger partial charge is 0.148 e. The minimum Gasteiger partial charge on any atom is -0.325 e. The van der Waals surface area contributed by atoms with Crippen molar-refractivity contribution in [1.29, 1.82) is 0 Å². The Morgan fingerprint density at radius 2 is 2.19 bits per heavy atom. The molecule has 0 saturated carbocycles. The molecule has 0 unspecified atom stereocenters. The third-order valence-electron chi connectivity index (χ3n) is 2.44. The van der Waals surface area contributed by atoms with Gasteiger partial charge in [0.05, 0.1) is 5.69 Å². The molecule has 0 radical (unpaired) electrons. The summed E-state index contributed by atoms with van der Waals surface area (Å²) in [6.45, 7) is 4.11. The molecule has 0 spiro atoms. The lowest BCUT2D eigenvalue weighted by atomic mass is 10.4. The van der Waals surface area contributed by atoms with Crippen LogP contribution in [0.15, 0.2) is 18.6 Å². The molecule has 0 aromatic carbocycles. The summed E-state index contributed by atoms with van der Waals surface area (Å²) < 4.78 is 3.76. The van der Waals surface area contributed by atoms with Crippen molar-refractivity contribution in [3.05, 3.63) is 30.1 Å². The maximum atomic E-state index is 5.62. The molecule has 0 fully saturated rings. The van der Waals surface area contributed by atoms with Crippen molar-refractivity contribution in [3.63, 3.8) is 0 Å². The molecule has 16 heavy (non-hydrogen) atoms. The molecular weight excluding hydrogens is 204 g/mol. The van der Waals surface area contributed by atoms with Gasteiger partial charge in [-0.3, -0.25) is 4.68 Å². The van der Waals surface area contributed by atoms with Crippen LogP contribution >= 0.6 is 0 Å². The van der Waals surface area contributed by atoms with Gasteiger partial charge in [-0.25, -0.2) is 9.67 Å². The second kappa shape index (κ2) is 4.89. The van der Waals surface area contributed by atoms with Crippen LogP contribution in [0.1, 0.15) is 24.9 Å². The minimum absolute atomic E-state index is 0.488. The molecule has 2 N–H and O–H groups in total. The van der Waals surface area contributed by atoms with Crippen LogP contribution in [-0.4, -0.2) is 24.5 Å². The van der Waals surface area contributed by atoms with Crippen molar-refractivity contribution >= 4 is 0 Å². The van der Waals surface area contributed by atoms with E-state index in [0.717, 1.165) is 24.5 Å². The van der Waals surface area contributed by atoms with Crippen molar-refractivity contribution in [1.82, 2.24) is 24.5 Å². The van der Waals surface area contributed by atoms with Gasteiger partial charge in [0.15, 0.2) is 0 Å². The lowest BCUT2D eigenvalue weighted by molar-refractivity contribution is 0.531. The maximum absolute atomic E-state index is 5.62. The van der Waals surface area contributed by atoms with Crippen LogP contribution in [0.25, 0.3) is 0 Å². The molecular formula is C10H16N6. The van der Waals surface area contributed by atoms with Crippen LogP contribution in [0.2, 0.25) is 0 Å². The van der Waals surface area contributed by atoms with Crippen LogP contribution in [0, 0.1) is 0 Å². The van der Waals surface area contributed by atoms with Crippen LogP contribution in [0.5, 0.6) is 0 Å². The zero-order valence-electron chi connectivity index (χ0n) is 9.37. The molecule has 0 atom stereocenters. The van der Waals surface area contributed by atoms with Crippen LogP contribution in [-0.2, 0) is 19.6 Å². The number of nitrogens with zero attached hydrogens (tertiary/aromatic N) is 5. The molecule has 0 bridgehead atoms. The molecule has 6 nitrogen and oxygen atoms in total. The van der Waals surface area contributed by atoms with E-state index in [1.54, 1.807) is 12.5 Å². The molecule has 0 aliphatic carbocycles. The van der Waals surface area contributed by atoms with E-state index < -0.39 is 0 Å².